The van der Waals surface area contributed by atoms with Gasteiger partial charge in [-0.2, -0.15) is 0 Å². The molecule has 178 valence electrons. The summed E-state index contributed by atoms with van der Waals surface area (Å²) in [5, 5.41) is 0. The Morgan fingerprint density at radius 1 is 1.15 bits per heavy atom. The molecule has 2 aromatic rings. The van der Waals surface area contributed by atoms with Gasteiger partial charge in [-0.15, -0.1) is 0 Å². The first-order valence-electron chi connectivity index (χ1n) is 10.3. The Hall–Kier alpha value is -2.92. The molecule has 1 heterocycles. The number of aryl methyl sites for hydroxylation is 1. The van der Waals surface area contributed by atoms with E-state index in [1.807, 2.05) is 6.92 Å². The van der Waals surface area contributed by atoms with Crippen molar-refractivity contribution < 1.29 is 31.2 Å². The van der Waals surface area contributed by atoms with Crippen molar-refractivity contribution in [2.75, 3.05) is 23.3 Å². The lowest BCUT2D eigenvalue weighted by atomic mass is 10.2. The zero-order chi connectivity index (χ0) is 24.4. The number of carbonyl (C=O) groups excluding carboxylic acids is 2. The maximum absolute atomic E-state index is 12.7. The van der Waals surface area contributed by atoms with Gasteiger partial charge in [-0.3, -0.25) is 9.52 Å². The average molecular weight is 495 g/mol. The molecule has 33 heavy (non-hydrogen) atoms. The summed E-state index contributed by atoms with van der Waals surface area (Å²) in [6.07, 6.45) is -0.837. The van der Waals surface area contributed by atoms with Gasteiger partial charge in [0.15, 0.2) is 15.9 Å². The molecule has 1 fully saturated rings. The fourth-order valence-corrected chi connectivity index (χ4v) is 6.33. The van der Waals surface area contributed by atoms with Gasteiger partial charge >= 0.3 is 5.97 Å². The fraction of sp³-hybridized carbons (Fsp3) is 0.364. The van der Waals surface area contributed by atoms with Gasteiger partial charge in [0, 0.05) is 18.8 Å². The van der Waals surface area contributed by atoms with Crippen LogP contribution in [0.15, 0.2) is 53.4 Å². The zero-order valence-electron chi connectivity index (χ0n) is 18.5. The number of nitrogens with one attached hydrogen (secondary N) is 1. The molecule has 1 N–H and O–H groups in total. The van der Waals surface area contributed by atoms with E-state index in [2.05, 4.69) is 4.72 Å². The molecule has 0 spiro atoms. The first-order valence-corrected chi connectivity index (χ1v) is 13.6. The van der Waals surface area contributed by atoms with Gasteiger partial charge in [0.2, 0.25) is 0 Å². The van der Waals surface area contributed by atoms with E-state index in [1.54, 1.807) is 24.3 Å². The molecule has 1 aliphatic rings. The van der Waals surface area contributed by atoms with Crippen molar-refractivity contribution in [3.8, 4) is 0 Å². The molecule has 0 aliphatic carbocycles. The normalized spacial score (nSPS) is 18.3. The van der Waals surface area contributed by atoms with E-state index in [1.165, 1.54) is 43.1 Å². The molecule has 11 heteroatoms. The smallest absolute Gasteiger partial charge is 0.338 e. The van der Waals surface area contributed by atoms with Crippen molar-refractivity contribution in [2.24, 2.45) is 0 Å². The molecule has 1 amide bonds. The van der Waals surface area contributed by atoms with Crippen LogP contribution in [-0.4, -0.2) is 64.3 Å². The Kier molecular flexibility index (Phi) is 7.13. The summed E-state index contributed by atoms with van der Waals surface area (Å²) in [5.74, 6) is -1.50. The third-order valence-corrected chi connectivity index (χ3v) is 8.55. The summed E-state index contributed by atoms with van der Waals surface area (Å²) >= 11 is 0. The van der Waals surface area contributed by atoms with Crippen LogP contribution in [0.4, 0.5) is 5.69 Å². The lowest BCUT2D eigenvalue weighted by Crippen LogP contribution is -2.44. The largest absolute Gasteiger partial charge is 0.449 e. The highest BCUT2D eigenvalue weighted by molar-refractivity contribution is 7.92. The summed E-state index contributed by atoms with van der Waals surface area (Å²) in [7, 11) is -5.65. The van der Waals surface area contributed by atoms with Crippen LogP contribution < -0.4 is 4.72 Å². The molecule has 1 aliphatic heterocycles. The average Bonchev–Trinajstić information content (AvgIpc) is 3.13. The second-order valence-electron chi connectivity index (χ2n) is 8.05. The van der Waals surface area contributed by atoms with Crippen molar-refractivity contribution >= 4 is 37.4 Å². The summed E-state index contributed by atoms with van der Waals surface area (Å²) in [6, 6.07) is 11.6. The van der Waals surface area contributed by atoms with Crippen LogP contribution in [0.25, 0.3) is 0 Å². The van der Waals surface area contributed by atoms with Gasteiger partial charge in [0.25, 0.3) is 15.9 Å². The Morgan fingerprint density at radius 3 is 2.42 bits per heavy atom. The Labute approximate surface area is 193 Å². The Bertz CT molecular complexity index is 1260. The van der Waals surface area contributed by atoms with Gasteiger partial charge < -0.3 is 9.64 Å². The number of rotatable bonds is 7. The summed E-state index contributed by atoms with van der Waals surface area (Å²) in [4.78, 5) is 26.3. The molecule has 9 nitrogen and oxygen atoms in total. The molecule has 0 bridgehead atoms. The standard InChI is InChI=1S/C22H26N2O7S2/c1-15-7-9-18(10-8-15)23-33(29,30)20-6-4-5-17(13-20)22(26)31-16(2)21(25)24(3)19-11-12-32(27,28)14-19/h4-10,13,16,19,23H,11-12,14H2,1-3H3. The number of esters is 1. The highest BCUT2D eigenvalue weighted by atomic mass is 32.2. The third-order valence-electron chi connectivity index (χ3n) is 5.42. The second kappa shape index (κ2) is 9.52. The molecular weight excluding hydrogens is 468 g/mol. The van der Waals surface area contributed by atoms with Crippen LogP contribution in [0.1, 0.15) is 29.3 Å². The lowest BCUT2D eigenvalue weighted by molar-refractivity contribution is -0.140. The van der Waals surface area contributed by atoms with Crippen LogP contribution in [0.2, 0.25) is 0 Å². The van der Waals surface area contributed by atoms with Crippen LogP contribution in [0.3, 0.4) is 0 Å². The number of anilines is 1. The number of benzene rings is 2. The quantitative estimate of drug-likeness (QED) is 0.583. The van der Waals surface area contributed by atoms with Gasteiger partial charge in [-0.1, -0.05) is 23.8 Å². The minimum atomic E-state index is -3.95. The highest BCUT2D eigenvalue weighted by Crippen LogP contribution is 2.20. The second-order valence-corrected chi connectivity index (χ2v) is 12.0. The predicted octanol–water partition coefficient (Wildman–Crippen LogP) is 1.99. The van der Waals surface area contributed by atoms with Crippen molar-refractivity contribution in [2.45, 2.75) is 37.3 Å². The number of sulfone groups is 1. The van der Waals surface area contributed by atoms with Crippen LogP contribution in [0, 0.1) is 6.92 Å². The monoisotopic (exact) mass is 494 g/mol. The molecule has 0 radical (unpaired) electrons. The van der Waals surface area contributed by atoms with E-state index in [4.69, 9.17) is 4.74 Å². The summed E-state index contributed by atoms with van der Waals surface area (Å²) in [5.41, 5.74) is 1.32. The minimum Gasteiger partial charge on any atom is -0.449 e. The summed E-state index contributed by atoms with van der Waals surface area (Å²) in [6.45, 7) is 3.27. The van der Waals surface area contributed by atoms with Crippen LogP contribution in [-0.2, 0) is 29.4 Å². The SMILES string of the molecule is Cc1ccc(NS(=O)(=O)c2cccc(C(=O)OC(C)C(=O)N(C)C3CCS(=O)(=O)C3)c2)cc1. The van der Waals surface area contributed by atoms with Gasteiger partial charge in [-0.25, -0.2) is 21.6 Å². The van der Waals surface area contributed by atoms with Gasteiger partial charge in [0.05, 0.1) is 22.0 Å². The number of likely N-dealkylation sites (N-methyl/N-ethyl adjacent to an activating group) is 1. The molecule has 0 saturated carbocycles. The third kappa shape index (κ3) is 6.11. The number of sulfonamides is 1. The minimum absolute atomic E-state index is 0.0152. The molecule has 2 unspecified atom stereocenters. The molecule has 1 saturated heterocycles. The molecule has 2 aromatic carbocycles. The van der Waals surface area contributed by atoms with Crippen molar-refractivity contribution in [1.29, 1.82) is 0 Å². The van der Waals surface area contributed by atoms with Crippen LogP contribution >= 0.6 is 0 Å². The van der Waals surface area contributed by atoms with Crippen LogP contribution in [0.5, 0.6) is 0 Å². The Morgan fingerprint density at radius 2 is 1.82 bits per heavy atom. The van der Waals surface area contributed by atoms with E-state index in [9.17, 15) is 26.4 Å². The molecule has 0 aromatic heterocycles. The maximum atomic E-state index is 12.7. The van der Waals surface area contributed by atoms with E-state index in [0.29, 0.717) is 12.1 Å². The fourth-order valence-electron chi connectivity index (χ4n) is 3.45. The summed E-state index contributed by atoms with van der Waals surface area (Å²) < 4.78 is 56.4. The van der Waals surface area contributed by atoms with E-state index >= 15 is 0 Å². The topological polar surface area (TPSA) is 127 Å². The van der Waals surface area contributed by atoms with E-state index < -0.39 is 43.9 Å². The van der Waals surface area contributed by atoms with E-state index in [-0.39, 0.29) is 22.0 Å². The number of nitrogens with zero attached hydrogens (tertiary/aromatic N) is 1. The number of amides is 1. The number of hydrogen-bond acceptors (Lipinski definition) is 7. The number of hydrogen-bond donors (Lipinski definition) is 1. The van der Waals surface area contributed by atoms with E-state index in [0.717, 1.165) is 5.56 Å². The van der Waals surface area contributed by atoms with Crippen molar-refractivity contribution in [3.05, 3.63) is 59.7 Å². The molecular formula is C22H26N2O7S2. The predicted molar refractivity (Wildman–Crippen MR) is 123 cm³/mol. The van der Waals surface area contributed by atoms with Crippen molar-refractivity contribution in [3.63, 3.8) is 0 Å². The number of carbonyl (C=O) groups is 2. The lowest BCUT2D eigenvalue weighted by Gasteiger charge is -2.26. The van der Waals surface area contributed by atoms with Gasteiger partial charge in [0.1, 0.15) is 0 Å². The first kappa shape index (κ1) is 24.7. The Balaban J connectivity index is 1.68. The highest BCUT2D eigenvalue weighted by Gasteiger charge is 2.35. The number of ether oxygens (including phenoxy) is 1. The molecule has 3 rings (SSSR count). The maximum Gasteiger partial charge on any atom is 0.338 e. The van der Waals surface area contributed by atoms with Gasteiger partial charge in [-0.05, 0) is 50.6 Å². The van der Waals surface area contributed by atoms with Crippen molar-refractivity contribution in [1.82, 2.24) is 4.90 Å². The first-order chi connectivity index (χ1) is 15.4. The molecule has 2 atom stereocenters. The zero-order valence-corrected chi connectivity index (χ0v) is 20.1.